The molecule has 0 aromatic carbocycles. The van der Waals surface area contributed by atoms with Crippen molar-refractivity contribution in [2.75, 3.05) is 51.4 Å². The van der Waals surface area contributed by atoms with Gasteiger partial charge in [-0.25, -0.2) is 14.5 Å². The topological polar surface area (TPSA) is 121 Å². The van der Waals surface area contributed by atoms with Crippen LogP contribution in [0.25, 0.3) is 16.6 Å². The van der Waals surface area contributed by atoms with E-state index in [-0.39, 0.29) is 18.0 Å². The molecule has 9 rings (SSSR count). The van der Waals surface area contributed by atoms with E-state index in [0.29, 0.717) is 47.4 Å². The molecule has 5 fully saturated rings. The maximum absolute atomic E-state index is 13.2. The second-order valence-electron chi connectivity index (χ2n) is 12.3. The number of anilines is 1. The van der Waals surface area contributed by atoms with Crippen LogP contribution in [0.5, 0.6) is 11.6 Å². The van der Waals surface area contributed by atoms with Gasteiger partial charge in [0.25, 0.3) is 5.91 Å². The van der Waals surface area contributed by atoms with Crippen LogP contribution in [0.2, 0.25) is 0 Å². The maximum Gasteiger partial charge on any atom is 0.256 e. The van der Waals surface area contributed by atoms with Gasteiger partial charge in [-0.2, -0.15) is 10.4 Å². The molecule has 5 aliphatic heterocycles. The lowest BCUT2D eigenvalue weighted by molar-refractivity contribution is 0.00572. The molecule has 5 saturated heterocycles. The monoisotopic (exact) mass is 606 g/mol. The van der Waals surface area contributed by atoms with Gasteiger partial charge in [0.05, 0.1) is 60.9 Å². The van der Waals surface area contributed by atoms with E-state index >= 15 is 0 Å². The highest BCUT2D eigenvalue weighted by atomic mass is 16.5. The number of nitriles is 1. The van der Waals surface area contributed by atoms with Crippen molar-refractivity contribution in [3.8, 4) is 28.8 Å². The van der Waals surface area contributed by atoms with Crippen LogP contribution < -0.4 is 14.4 Å². The summed E-state index contributed by atoms with van der Waals surface area (Å²) in [6.45, 7) is 6.83. The molecule has 3 unspecified atom stereocenters. The minimum absolute atomic E-state index is 0.00539. The number of piperazine rings is 1. The Morgan fingerprint density at radius 2 is 1.98 bits per heavy atom. The van der Waals surface area contributed by atoms with Crippen molar-refractivity contribution in [2.45, 2.75) is 37.6 Å². The van der Waals surface area contributed by atoms with Crippen molar-refractivity contribution < 1.29 is 19.0 Å². The van der Waals surface area contributed by atoms with Gasteiger partial charge in [0.1, 0.15) is 24.2 Å². The van der Waals surface area contributed by atoms with E-state index in [1.807, 2.05) is 35.5 Å². The third kappa shape index (κ3) is 4.74. The zero-order valence-electron chi connectivity index (χ0n) is 25.2. The lowest BCUT2D eigenvalue weighted by atomic mass is 9.86. The molecule has 0 radical (unpaired) electrons. The molecule has 230 valence electrons. The van der Waals surface area contributed by atoms with E-state index in [1.54, 1.807) is 36.2 Å². The second kappa shape index (κ2) is 11.0. The molecule has 4 aromatic heterocycles. The maximum atomic E-state index is 13.2. The number of pyridine rings is 3. The third-order valence-corrected chi connectivity index (χ3v) is 9.92. The van der Waals surface area contributed by atoms with Gasteiger partial charge in [-0.1, -0.05) is 6.92 Å². The first-order valence-corrected chi connectivity index (χ1v) is 15.4. The highest BCUT2D eigenvalue weighted by molar-refractivity contribution is 5.95. The molecule has 0 spiro atoms. The van der Waals surface area contributed by atoms with Gasteiger partial charge >= 0.3 is 0 Å². The molecule has 5 aliphatic rings. The van der Waals surface area contributed by atoms with Crippen molar-refractivity contribution in [2.24, 2.45) is 5.92 Å². The van der Waals surface area contributed by atoms with E-state index in [2.05, 4.69) is 32.9 Å². The molecule has 0 saturated carbocycles. The number of methoxy groups -OCH3 is 1. The number of amides is 1. The zero-order chi connectivity index (χ0) is 30.7. The normalized spacial score (nSPS) is 25.3. The second-order valence-corrected chi connectivity index (χ2v) is 12.3. The molecule has 0 aliphatic carbocycles. The standard InChI is InChI=1S/C33H34N8O4/c1-20-28-19-45-29(20)18-38(28)7-8-44-26-10-27(32-23(11-34)14-37-40(32)17-26)21-3-5-30(35-12-21)39-15-24-9-25(16-39)41(24)33(42)22-4-6-31(43-2)36-13-22/h3-6,10,12-14,17,20,24-25,28-29H,7-9,15-16,18-19H2,1-2H3/t20-,24?,25?,28?,29+/m0/s1. The molecule has 0 N–H and O–H groups in total. The minimum Gasteiger partial charge on any atom is -0.491 e. The van der Waals surface area contributed by atoms with Crippen LogP contribution >= 0.6 is 0 Å². The quantitative estimate of drug-likeness (QED) is 0.296. The van der Waals surface area contributed by atoms with Gasteiger partial charge in [-0.3, -0.25) is 9.69 Å². The Balaban J connectivity index is 0.970. The summed E-state index contributed by atoms with van der Waals surface area (Å²) in [5.74, 6) is 2.61. The highest BCUT2D eigenvalue weighted by Crippen LogP contribution is 2.37. The number of carbonyl (C=O) groups is 1. The van der Waals surface area contributed by atoms with E-state index in [1.165, 1.54) is 0 Å². The van der Waals surface area contributed by atoms with Crippen molar-refractivity contribution >= 4 is 17.2 Å². The lowest BCUT2D eigenvalue weighted by Gasteiger charge is -2.56. The number of likely N-dealkylation sites (tertiary alicyclic amines) is 1. The van der Waals surface area contributed by atoms with Gasteiger partial charge in [0, 0.05) is 67.7 Å². The number of fused-ring (bicyclic) bond motifs is 5. The summed E-state index contributed by atoms with van der Waals surface area (Å²) < 4.78 is 18.9. The van der Waals surface area contributed by atoms with E-state index < -0.39 is 0 Å². The predicted molar refractivity (Wildman–Crippen MR) is 164 cm³/mol. The van der Waals surface area contributed by atoms with Crippen molar-refractivity contribution in [3.05, 3.63) is 66.2 Å². The molecule has 45 heavy (non-hydrogen) atoms. The summed E-state index contributed by atoms with van der Waals surface area (Å²) in [6.07, 6.45) is 8.15. The van der Waals surface area contributed by atoms with Gasteiger partial charge in [-0.15, -0.1) is 0 Å². The number of nitrogens with zero attached hydrogens (tertiary/aromatic N) is 8. The molecule has 12 nitrogen and oxygen atoms in total. The Morgan fingerprint density at radius 3 is 2.64 bits per heavy atom. The summed E-state index contributed by atoms with van der Waals surface area (Å²) in [6, 6.07) is 12.5. The zero-order valence-corrected chi connectivity index (χ0v) is 25.2. The SMILES string of the molecule is COc1ccc(C(=O)N2C3CC2CN(c2ccc(-c4cc(OCCN5C[C@H]6OCC5[C@@H]6C)cn5ncc(C#N)c45)cn2)C3)cn1. The van der Waals surface area contributed by atoms with E-state index in [4.69, 9.17) is 19.2 Å². The Kier molecular flexibility index (Phi) is 6.80. The fraction of sp³-hybridized carbons (Fsp3) is 0.424. The first-order valence-electron chi connectivity index (χ1n) is 15.4. The molecule has 12 heteroatoms. The van der Waals surface area contributed by atoms with Gasteiger partial charge in [-0.05, 0) is 30.7 Å². The van der Waals surface area contributed by atoms with Crippen LogP contribution in [0, 0.1) is 17.2 Å². The summed E-state index contributed by atoms with van der Waals surface area (Å²) in [5.41, 5.74) is 3.51. The number of aromatic nitrogens is 4. The number of hydrogen-bond donors (Lipinski definition) is 0. The van der Waals surface area contributed by atoms with E-state index in [9.17, 15) is 10.1 Å². The number of carbonyl (C=O) groups excluding carboxylic acids is 1. The van der Waals surface area contributed by atoms with Crippen LogP contribution in [-0.2, 0) is 4.74 Å². The first kappa shape index (κ1) is 27.8. The molecule has 1 amide bonds. The molecule has 9 heterocycles. The average molecular weight is 607 g/mol. The Hall–Kier alpha value is -4.73. The van der Waals surface area contributed by atoms with E-state index in [0.717, 1.165) is 61.7 Å². The van der Waals surface area contributed by atoms with Gasteiger partial charge in [0.15, 0.2) is 0 Å². The average Bonchev–Trinajstić information content (AvgIpc) is 3.75. The third-order valence-electron chi connectivity index (χ3n) is 9.92. The van der Waals surface area contributed by atoms with Crippen LogP contribution in [-0.4, -0.2) is 106 Å². The predicted octanol–water partition coefficient (Wildman–Crippen LogP) is 2.87. The summed E-state index contributed by atoms with van der Waals surface area (Å²) in [5, 5.41) is 14.2. The molecular weight excluding hydrogens is 572 g/mol. The number of rotatable bonds is 8. The smallest absolute Gasteiger partial charge is 0.256 e. The molecule has 4 bridgehead atoms. The molecule has 5 atom stereocenters. The van der Waals surface area contributed by atoms with Crippen LogP contribution in [0.1, 0.15) is 29.3 Å². The van der Waals surface area contributed by atoms with Gasteiger partial charge in [0.2, 0.25) is 5.88 Å². The number of morpholine rings is 1. The Labute approximate surface area is 260 Å². The van der Waals surface area contributed by atoms with Crippen LogP contribution in [0.15, 0.2) is 55.1 Å². The van der Waals surface area contributed by atoms with Crippen LogP contribution in [0.3, 0.4) is 0 Å². The largest absolute Gasteiger partial charge is 0.491 e. The fourth-order valence-corrected chi connectivity index (χ4v) is 7.45. The van der Waals surface area contributed by atoms with Crippen molar-refractivity contribution in [3.63, 3.8) is 0 Å². The number of piperidine rings is 1. The fourth-order valence-electron chi connectivity index (χ4n) is 7.45. The first-order chi connectivity index (χ1) is 22.0. The van der Waals surface area contributed by atoms with Crippen molar-refractivity contribution in [1.82, 2.24) is 29.4 Å². The highest BCUT2D eigenvalue weighted by Gasteiger charge is 2.48. The summed E-state index contributed by atoms with van der Waals surface area (Å²) in [4.78, 5) is 28.9. The van der Waals surface area contributed by atoms with Crippen LogP contribution in [0.4, 0.5) is 5.82 Å². The summed E-state index contributed by atoms with van der Waals surface area (Å²) in [7, 11) is 1.56. The number of hydrogen-bond acceptors (Lipinski definition) is 10. The Bertz CT molecular complexity index is 1770. The van der Waals surface area contributed by atoms with Crippen molar-refractivity contribution in [1.29, 1.82) is 5.26 Å². The number of ether oxygens (including phenoxy) is 3. The minimum atomic E-state index is 0.00539. The molecule has 4 aromatic rings. The molecular formula is C33H34N8O4. The summed E-state index contributed by atoms with van der Waals surface area (Å²) >= 11 is 0. The van der Waals surface area contributed by atoms with Gasteiger partial charge < -0.3 is 24.0 Å². The Morgan fingerprint density at radius 1 is 1.11 bits per heavy atom. The lowest BCUT2D eigenvalue weighted by Crippen LogP contribution is -2.70.